The standard InChI is InChI=1S/C17H17ClN2O/c1-11-2-5-15(9-16(11)18)20-17(21)13-4-3-12-6-7-19-10-14(12)8-13/h2-5,8-9,19H,6-7,10H2,1H3,(H,20,21). The summed E-state index contributed by atoms with van der Waals surface area (Å²) < 4.78 is 0. The van der Waals surface area contributed by atoms with Crippen molar-refractivity contribution in [2.75, 3.05) is 11.9 Å². The molecule has 0 aliphatic carbocycles. The number of hydrogen-bond donors (Lipinski definition) is 2. The highest BCUT2D eigenvalue weighted by molar-refractivity contribution is 6.31. The van der Waals surface area contributed by atoms with E-state index in [0.29, 0.717) is 16.3 Å². The molecule has 0 atom stereocenters. The molecule has 2 N–H and O–H groups in total. The molecule has 3 rings (SSSR count). The van der Waals surface area contributed by atoms with E-state index in [1.54, 1.807) is 6.07 Å². The maximum atomic E-state index is 12.3. The van der Waals surface area contributed by atoms with Crippen molar-refractivity contribution in [3.8, 4) is 0 Å². The van der Waals surface area contributed by atoms with Crippen LogP contribution in [-0.2, 0) is 13.0 Å². The van der Waals surface area contributed by atoms with Gasteiger partial charge in [0.2, 0.25) is 0 Å². The Morgan fingerprint density at radius 3 is 2.86 bits per heavy atom. The molecule has 108 valence electrons. The second-order valence-electron chi connectivity index (χ2n) is 5.33. The molecule has 2 aromatic rings. The Balaban J connectivity index is 1.80. The van der Waals surface area contributed by atoms with Crippen LogP contribution in [0.3, 0.4) is 0 Å². The van der Waals surface area contributed by atoms with E-state index in [4.69, 9.17) is 11.6 Å². The zero-order chi connectivity index (χ0) is 14.8. The van der Waals surface area contributed by atoms with Gasteiger partial charge in [-0.05, 0) is 60.8 Å². The van der Waals surface area contributed by atoms with E-state index < -0.39 is 0 Å². The van der Waals surface area contributed by atoms with Crippen LogP contribution in [0.15, 0.2) is 36.4 Å². The highest BCUT2D eigenvalue weighted by Gasteiger charge is 2.13. The van der Waals surface area contributed by atoms with E-state index in [1.165, 1.54) is 11.1 Å². The third kappa shape index (κ3) is 3.09. The number of nitrogens with one attached hydrogen (secondary N) is 2. The molecule has 1 aliphatic heterocycles. The number of hydrogen-bond acceptors (Lipinski definition) is 2. The molecule has 1 amide bonds. The average Bonchev–Trinajstić information content (AvgIpc) is 2.50. The van der Waals surface area contributed by atoms with Crippen molar-refractivity contribution in [1.82, 2.24) is 5.32 Å². The van der Waals surface area contributed by atoms with Crippen LogP contribution in [0.4, 0.5) is 5.69 Å². The Kier molecular flexibility index (Phi) is 3.95. The molecular weight excluding hydrogens is 284 g/mol. The summed E-state index contributed by atoms with van der Waals surface area (Å²) in [4.78, 5) is 12.3. The maximum Gasteiger partial charge on any atom is 0.255 e. The van der Waals surface area contributed by atoms with Crippen molar-refractivity contribution >= 4 is 23.2 Å². The number of amides is 1. The molecule has 0 saturated heterocycles. The number of fused-ring (bicyclic) bond motifs is 1. The third-order valence-electron chi connectivity index (χ3n) is 3.78. The van der Waals surface area contributed by atoms with Crippen molar-refractivity contribution < 1.29 is 4.79 Å². The molecule has 0 unspecified atom stereocenters. The average molecular weight is 301 g/mol. The fraction of sp³-hybridized carbons (Fsp3) is 0.235. The Morgan fingerprint density at radius 2 is 2.05 bits per heavy atom. The minimum Gasteiger partial charge on any atom is -0.322 e. The molecule has 0 spiro atoms. The summed E-state index contributed by atoms with van der Waals surface area (Å²) in [5, 5.41) is 6.87. The van der Waals surface area contributed by atoms with Gasteiger partial charge in [-0.3, -0.25) is 4.79 Å². The Bertz CT molecular complexity index is 697. The topological polar surface area (TPSA) is 41.1 Å². The predicted molar refractivity (Wildman–Crippen MR) is 86.0 cm³/mol. The minimum absolute atomic E-state index is 0.108. The molecule has 0 bridgehead atoms. The molecule has 0 radical (unpaired) electrons. The van der Waals surface area contributed by atoms with Gasteiger partial charge in [-0.1, -0.05) is 23.7 Å². The number of anilines is 1. The van der Waals surface area contributed by atoms with Crippen LogP contribution in [0.2, 0.25) is 5.02 Å². The molecule has 4 heteroatoms. The first kappa shape index (κ1) is 14.1. The fourth-order valence-corrected chi connectivity index (χ4v) is 2.68. The summed E-state index contributed by atoms with van der Waals surface area (Å²) in [6, 6.07) is 11.4. The summed E-state index contributed by atoms with van der Waals surface area (Å²) in [7, 11) is 0. The fourth-order valence-electron chi connectivity index (χ4n) is 2.50. The summed E-state index contributed by atoms with van der Waals surface area (Å²) in [6.07, 6.45) is 1.02. The summed E-state index contributed by atoms with van der Waals surface area (Å²) in [6.45, 7) is 3.76. The van der Waals surface area contributed by atoms with E-state index in [-0.39, 0.29) is 5.91 Å². The largest absolute Gasteiger partial charge is 0.322 e. The molecule has 3 nitrogen and oxygen atoms in total. The molecule has 0 aromatic heterocycles. The number of carbonyl (C=O) groups excluding carboxylic acids is 1. The third-order valence-corrected chi connectivity index (χ3v) is 4.19. The first-order valence-electron chi connectivity index (χ1n) is 7.03. The van der Waals surface area contributed by atoms with E-state index in [1.807, 2.05) is 37.3 Å². The monoisotopic (exact) mass is 300 g/mol. The number of rotatable bonds is 2. The van der Waals surface area contributed by atoms with Crippen LogP contribution >= 0.6 is 11.6 Å². The zero-order valence-corrected chi connectivity index (χ0v) is 12.6. The number of aryl methyl sites for hydroxylation is 1. The maximum absolute atomic E-state index is 12.3. The van der Waals surface area contributed by atoms with E-state index in [0.717, 1.165) is 25.1 Å². The van der Waals surface area contributed by atoms with Gasteiger partial charge in [-0.2, -0.15) is 0 Å². The molecular formula is C17H17ClN2O. The number of benzene rings is 2. The number of halogens is 1. The Hall–Kier alpha value is -1.84. The van der Waals surface area contributed by atoms with E-state index >= 15 is 0 Å². The Morgan fingerprint density at radius 1 is 1.19 bits per heavy atom. The van der Waals surface area contributed by atoms with E-state index in [2.05, 4.69) is 10.6 Å². The second-order valence-corrected chi connectivity index (χ2v) is 5.74. The minimum atomic E-state index is -0.108. The summed E-state index contributed by atoms with van der Waals surface area (Å²) in [5.74, 6) is -0.108. The number of carbonyl (C=O) groups is 1. The quantitative estimate of drug-likeness (QED) is 0.890. The highest BCUT2D eigenvalue weighted by atomic mass is 35.5. The van der Waals surface area contributed by atoms with Gasteiger partial charge in [-0.25, -0.2) is 0 Å². The molecule has 2 aromatic carbocycles. The lowest BCUT2D eigenvalue weighted by Gasteiger charge is -2.17. The lowest BCUT2D eigenvalue weighted by atomic mass is 9.98. The van der Waals surface area contributed by atoms with Crippen molar-refractivity contribution in [2.45, 2.75) is 19.9 Å². The lowest BCUT2D eigenvalue weighted by molar-refractivity contribution is 0.102. The highest BCUT2D eigenvalue weighted by Crippen LogP contribution is 2.21. The van der Waals surface area contributed by atoms with Gasteiger partial charge in [0.05, 0.1) is 0 Å². The zero-order valence-electron chi connectivity index (χ0n) is 11.9. The first-order chi connectivity index (χ1) is 10.1. The van der Waals surface area contributed by atoms with Gasteiger partial charge in [0.25, 0.3) is 5.91 Å². The van der Waals surface area contributed by atoms with E-state index in [9.17, 15) is 4.79 Å². The van der Waals surface area contributed by atoms with Crippen LogP contribution in [0, 0.1) is 6.92 Å². The van der Waals surface area contributed by atoms with Crippen LogP contribution in [-0.4, -0.2) is 12.5 Å². The predicted octanol–water partition coefficient (Wildman–Crippen LogP) is 3.55. The van der Waals surface area contributed by atoms with Gasteiger partial charge in [0, 0.05) is 22.8 Å². The van der Waals surface area contributed by atoms with Crippen molar-refractivity contribution in [3.63, 3.8) is 0 Å². The van der Waals surface area contributed by atoms with Crippen LogP contribution in [0.25, 0.3) is 0 Å². The van der Waals surface area contributed by atoms with Crippen LogP contribution in [0.5, 0.6) is 0 Å². The van der Waals surface area contributed by atoms with Gasteiger partial charge in [-0.15, -0.1) is 0 Å². The first-order valence-corrected chi connectivity index (χ1v) is 7.41. The van der Waals surface area contributed by atoms with Crippen molar-refractivity contribution in [1.29, 1.82) is 0 Å². The van der Waals surface area contributed by atoms with Crippen LogP contribution in [0.1, 0.15) is 27.0 Å². The molecule has 1 heterocycles. The van der Waals surface area contributed by atoms with Gasteiger partial charge in [0.1, 0.15) is 0 Å². The van der Waals surface area contributed by atoms with Gasteiger partial charge in [0.15, 0.2) is 0 Å². The normalized spacial score (nSPS) is 13.6. The van der Waals surface area contributed by atoms with Gasteiger partial charge >= 0.3 is 0 Å². The molecule has 1 aliphatic rings. The van der Waals surface area contributed by atoms with Crippen LogP contribution < -0.4 is 10.6 Å². The summed E-state index contributed by atoms with van der Waals surface area (Å²) in [5.41, 5.74) is 4.91. The summed E-state index contributed by atoms with van der Waals surface area (Å²) >= 11 is 6.08. The van der Waals surface area contributed by atoms with Crippen molar-refractivity contribution in [3.05, 3.63) is 63.7 Å². The molecule has 0 saturated carbocycles. The SMILES string of the molecule is Cc1ccc(NC(=O)c2ccc3c(c2)CNCC3)cc1Cl. The molecule has 21 heavy (non-hydrogen) atoms. The van der Waals surface area contributed by atoms with Crippen molar-refractivity contribution in [2.24, 2.45) is 0 Å². The smallest absolute Gasteiger partial charge is 0.255 e. The lowest BCUT2D eigenvalue weighted by Crippen LogP contribution is -2.24. The van der Waals surface area contributed by atoms with Gasteiger partial charge < -0.3 is 10.6 Å². The Labute approximate surface area is 129 Å². The second kappa shape index (κ2) is 5.88. The molecule has 0 fully saturated rings.